The smallest absolute Gasteiger partial charge is 0.264 e. The fourth-order valence-corrected chi connectivity index (χ4v) is 2.95. The van der Waals surface area contributed by atoms with Crippen molar-refractivity contribution in [2.45, 2.75) is 31.8 Å². The van der Waals surface area contributed by atoms with Gasteiger partial charge in [-0.15, -0.1) is 0 Å². The average molecular weight is 331 g/mol. The summed E-state index contributed by atoms with van der Waals surface area (Å²) in [5, 5.41) is 14.3. The Kier molecular flexibility index (Phi) is 4.06. The summed E-state index contributed by atoms with van der Waals surface area (Å²) in [6.45, 7) is 1.60. The van der Waals surface area contributed by atoms with E-state index < -0.39 is 29.7 Å². The number of amides is 4. The number of aliphatic hydroxyl groups is 1. The van der Waals surface area contributed by atoms with Gasteiger partial charge in [0, 0.05) is 18.2 Å². The summed E-state index contributed by atoms with van der Waals surface area (Å²) >= 11 is 0. The molecule has 0 aliphatic carbocycles. The van der Waals surface area contributed by atoms with Crippen molar-refractivity contribution in [3.05, 3.63) is 29.3 Å². The Morgan fingerprint density at radius 2 is 2.04 bits per heavy atom. The molecule has 1 aromatic rings. The molecule has 0 aromatic heterocycles. The third-order valence-electron chi connectivity index (χ3n) is 4.14. The van der Waals surface area contributed by atoms with Gasteiger partial charge in [0.2, 0.25) is 11.8 Å². The Balaban J connectivity index is 1.95. The summed E-state index contributed by atoms with van der Waals surface area (Å²) in [6.07, 6.45) is 0.197. The Hall–Kier alpha value is -2.74. The van der Waals surface area contributed by atoms with Crippen LogP contribution in [0.3, 0.4) is 0 Å². The SMILES string of the molecule is C[C@@H](CO)Nc1cccc2c1C(=O)N(C1CCC(=O)NC1=O)C2=O. The number of fused-ring (bicyclic) bond motifs is 1. The molecular formula is C16H17N3O5. The predicted octanol–water partition coefficient (Wildman–Crippen LogP) is -0.120. The van der Waals surface area contributed by atoms with E-state index >= 15 is 0 Å². The highest BCUT2D eigenvalue weighted by Crippen LogP contribution is 2.32. The fourth-order valence-electron chi connectivity index (χ4n) is 2.95. The number of rotatable bonds is 4. The van der Waals surface area contributed by atoms with Gasteiger partial charge in [-0.05, 0) is 25.5 Å². The molecule has 2 atom stereocenters. The zero-order valence-corrected chi connectivity index (χ0v) is 13.0. The second-order valence-corrected chi connectivity index (χ2v) is 5.90. The molecule has 1 fully saturated rings. The zero-order valence-electron chi connectivity index (χ0n) is 13.0. The van der Waals surface area contributed by atoms with Gasteiger partial charge in [0.15, 0.2) is 0 Å². The number of imide groups is 2. The first-order valence-corrected chi connectivity index (χ1v) is 7.66. The maximum Gasteiger partial charge on any atom is 0.264 e. The molecule has 2 heterocycles. The molecule has 1 aromatic carbocycles. The molecular weight excluding hydrogens is 314 g/mol. The van der Waals surface area contributed by atoms with Crippen LogP contribution in [0.15, 0.2) is 18.2 Å². The Morgan fingerprint density at radius 3 is 2.71 bits per heavy atom. The number of nitrogens with zero attached hydrogens (tertiary/aromatic N) is 1. The first kappa shape index (κ1) is 16.1. The van der Waals surface area contributed by atoms with E-state index in [2.05, 4.69) is 10.6 Å². The second-order valence-electron chi connectivity index (χ2n) is 5.90. The summed E-state index contributed by atoms with van der Waals surface area (Å²) < 4.78 is 0. The molecule has 1 unspecified atom stereocenters. The number of carbonyl (C=O) groups excluding carboxylic acids is 4. The molecule has 0 saturated carbocycles. The first-order chi connectivity index (χ1) is 11.4. The van der Waals surface area contributed by atoms with Crippen LogP contribution in [-0.4, -0.2) is 52.3 Å². The third kappa shape index (κ3) is 2.54. The van der Waals surface area contributed by atoms with Crippen molar-refractivity contribution in [2.75, 3.05) is 11.9 Å². The van der Waals surface area contributed by atoms with Gasteiger partial charge in [0.25, 0.3) is 11.8 Å². The molecule has 4 amide bonds. The van der Waals surface area contributed by atoms with E-state index in [4.69, 9.17) is 5.11 Å². The highest BCUT2D eigenvalue weighted by atomic mass is 16.3. The largest absolute Gasteiger partial charge is 0.394 e. The van der Waals surface area contributed by atoms with Crippen molar-refractivity contribution >= 4 is 29.3 Å². The average Bonchev–Trinajstić information content (AvgIpc) is 2.80. The van der Waals surface area contributed by atoms with Crippen LogP contribution in [0.2, 0.25) is 0 Å². The van der Waals surface area contributed by atoms with Gasteiger partial charge in [0.1, 0.15) is 6.04 Å². The maximum atomic E-state index is 12.8. The minimum Gasteiger partial charge on any atom is -0.394 e. The van der Waals surface area contributed by atoms with E-state index in [0.29, 0.717) is 5.69 Å². The van der Waals surface area contributed by atoms with Crippen molar-refractivity contribution in [1.82, 2.24) is 10.2 Å². The van der Waals surface area contributed by atoms with Crippen LogP contribution in [0.4, 0.5) is 5.69 Å². The van der Waals surface area contributed by atoms with E-state index in [1.165, 1.54) is 6.07 Å². The molecule has 1 saturated heterocycles. The number of anilines is 1. The number of hydrogen-bond acceptors (Lipinski definition) is 6. The van der Waals surface area contributed by atoms with E-state index in [0.717, 1.165) is 4.90 Å². The molecule has 0 spiro atoms. The molecule has 8 heteroatoms. The lowest BCUT2D eigenvalue weighted by atomic mass is 10.0. The van der Waals surface area contributed by atoms with Gasteiger partial charge in [-0.1, -0.05) is 6.07 Å². The summed E-state index contributed by atoms with van der Waals surface area (Å²) in [4.78, 5) is 49.6. The number of benzene rings is 1. The van der Waals surface area contributed by atoms with Crippen LogP contribution < -0.4 is 10.6 Å². The van der Waals surface area contributed by atoms with Crippen LogP contribution in [-0.2, 0) is 9.59 Å². The van der Waals surface area contributed by atoms with E-state index in [1.807, 2.05) is 0 Å². The Morgan fingerprint density at radius 1 is 1.29 bits per heavy atom. The molecule has 0 bridgehead atoms. The summed E-state index contributed by atoms with van der Waals surface area (Å²) in [5.41, 5.74) is 0.828. The first-order valence-electron chi connectivity index (χ1n) is 7.66. The summed E-state index contributed by atoms with van der Waals surface area (Å²) in [5.74, 6) is -2.17. The van der Waals surface area contributed by atoms with Gasteiger partial charge >= 0.3 is 0 Å². The lowest BCUT2D eigenvalue weighted by Crippen LogP contribution is -2.54. The lowest BCUT2D eigenvalue weighted by Gasteiger charge is -2.27. The van der Waals surface area contributed by atoms with E-state index in [1.54, 1.807) is 19.1 Å². The zero-order chi connectivity index (χ0) is 17.4. The summed E-state index contributed by atoms with van der Waals surface area (Å²) in [7, 11) is 0. The molecule has 8 nitrogen and oxygen atoms in total. The van der Waals surface area contributed by atoms with Gasteiger partial charge in [-0.2, -0.15) is 0 Å². The second kappa shape index (κ2) is 6.04. The number of piperidine rings is 1. The molecule has 2 aliphatic heterocycles. The molecule has 3 N–H and O–H groups in total. The molecule has 24 heavy (non-hydrogen) atoms. The van der Waals surface area contributed by atoms with Crippen molar-refractivity contribution in [3.8, 4) is 0 Å². The number of hydrogen-bond donors (Lipinski definition) is 3. The Bertz CT molecular complexity index is 745. The van der Waals surface area contributed by atoms with Crippen LogP contribution in [0.5, 0.6) is 0 Å². The van der Waals surface area contributed by atoms with Gasteiger partial charge < -0.3 is 10.4 Å². The quantitative estimate of drug-likeness (QED) is 0.663. The molecule has 2 aliphatic rings. The van der Waals surface area contributed by atoms with Crippen LogP contribution in [0.1, 0.15) is 40.5 Å². The fraction of sp³-hybridized carbons (Fsp3) is 0.375. The maximum absolute atomic E-state index is 12.8. The van der Waals surface area contributed by atoms with Gasteiger partial charge in [-0.25, -0.2) is 0 Å². The monoisotopic (exact) mass is 331 g/mol. The molecule has 0 radical (unpaired) electrons. The van der Waals surface area contributed by atoms with Crippen molar-refractivity contribution in [1.29, 1.82) is 0 Å². The van der Waals surface area contributed by atoms with E-state index in [9.17, 15) is 19.2 Å². The Labute approximate surface area is 137 Å². The van der Waals surface area contributed by atoms with Crippen molar-refractivity contribution in [2.24, 2.45) is 0 Å². The highest BCUT2D eigenvalue weighted by Gasteiger charge is 2.45. The highest BCUT2D eigenvalue weighted by molar-refractivity contribution is 6.25. The standard InChI is InChI=1S/C16H17N3O5/c1-8(7-20)17-10-4-2-3-9-13(10)16(24)19(15(9)23)11-5-6-12(21)18-14(11)22/h2-4,8,11,17,20H,5-7H2,1H3,(H,18,21,22)/t8-,11?/m0/s1. The number of nitrogens with one attached hydrogen (secondary N) is 2. The van der Waals surface area contributed by atoms with Gasteiger partial charge in [0.05, 0.1) is 17.7 Å². The van der Waals surface area contributed by atoms with Crippen LogP contribution in [0, 0.1) is 0 Å². The van der Waals surface area contributed by atoms with E-state index in [-0.39, 0.29) is 36.6 Å². The van der Waals surface area contributed by atoms with Gasteiger partial charge in [-0.3, -0.25) is 29.4 Å². The minimum atomic E-state index is -0.988. The number of aliphatic hydroxyl groups excluding tert-OH is 1. The molecule has 126 valence electrons. The predicted molar refractivity (Wildman–Crippen MR) is 83.3 cm³/mol. The minimum absolute atomic E-state index is 0.0798. The normalized spacial score (nSPS) is 21.6. The summed E-state index contributed by atoms with van der Waals surface area (Å²) in [6, 6.07) is 3.51. The third-order valence-corrected chi connectivity index (χ3v) is 4.14. The van der Waals surface area contributed by atoms with Crippen molar-refractivity contribution < 1.29 is 24.3 Å². The number of carbonyl (C=O) groups is 4. The topological polar surface area (TPSA) is 116 Å². The molecule has 3 rings (SSSR count). The lowest BCUT2D eigenvalue weighted by molar-refractivity contribution is -0.136. The van der Waals surface area contributed by atoms with Crippen molar-refractivity contribution in [3.63, 3.8) is 0 Å². The van der Waals surface area contributed by atoms with Crippen LogP contribution in [0.25, 0.3) is 0 Å². The van der Waals surface area contributed by atoms with Crippen LogP contribution >= 0.6 is 0 Å².